The summed E-state index contributed by atoms with van der Waals surface area (Å²) in [6.45, 7) is 2.67. The number of nitro groups is 1. The van der Waals surface area contributed by atoms with Gasteiger partial charge in [-0.3, -0.25) is 14.9 Å². The van der Waals surface area contributed by atoms with Crippen molar-refractivity contribution in [3.63, 3.8) is 0 Å². The number of nitro benzene ring substituents is 1. The third-order valence-corrected chi connectivity index (χ3v) is 3.44. The van der Waals surface area contributed by atoms with Crippen molar-refractivity contribution >= 4 is 17.3 Å². The number of amides is 1. The van der Waals surface area contributed by atoms with Crippen molar-refractivity contribution in [2.45, 2.75) is 19.4 Å². The molecular weight excluding hydrogens is 260 g/mol. The van der Waals surface area contributed by atoms with Crippen LogP contribution in [0.5, 0.6) is 0 Å². The van der Waals surface area contributed by atoms with Gasteiger partial charge in [0.05, 0.1) is 22.5 Å². The molecule has 2 N–H and O–H groups in total. The van der Waals surface area contributed by atoms with Crippen molar-refractivity contribution in [3.8, 4) is 6.07 Å². The number of carbonyl (C=O) groups is 1. The first-order valence-electron chi connectivity index (χ1n) is 6.25. The van der Waals surface area contributed by atoms with Crippen LogP contribution in [0.2, 0.25) is 0 Å². The van der Waals surface area contributed by atoms with Gasteiger partial charge in [0.2, 0.25) is 5.91 Å². The molecule has 1 aliphatic rings. The molecule has 1 saturated heterocycles. The number of hydrogen-bond donors (Lipinski definition) is 2. The molecule has 0 spiro atoms. The average Bonchev–Trinajstić information content (AvgIpc) is 2.85. The second-order valence-electron chi connectivity index (χ2n) is 4.73. The highest BCUT2D eigenvalue weighted by Crippen LogP contribution is 2.27. The lowest BCUT2D eigenvalue weighted by molar-refractivity contribution is -0.384. The topological polar surface area (TPSA) is 108 Å². The summed E-state index contributed by atoms with van der Waals surface area (Å²) >= 11 is 0. The summed E-state index contributed by atoms with van der Waals surface area (Å²) in [5.41, 5.74) is 0.0414. The van der Waals surface area contributed by atoms with E-state index in [0.717, 1.165) is 12.6 Å². The maximum absolute atomic E-state index is 12.1. The maximum atomic E-state index is 12.1. The van der Waals surface area contributed by atoms with E-state index in [9.17, 15) is 14.9 Å². The van der Waals surface area contributed by atoms with E-state index < -0.39 is 4.92 Å². The van der Waals surface area contributed by atoms with E-state index in [0.29, 0.717) is 6.42 Å². The first kappa shape index (κ1) is 14.0. The van der Waals surface area contributed by atoms with Crippen LogP contribution in [0.4, 0.5) is 11.4 Å². The van der Waals surface area contributed by atoms with Crippen molar-refractivity contribution in [2.75, 3.05) is 11.9 Å². The number of nitriles is 1. The molecule has 1 fully saturated rings. The summed E-state index contributed by atoms with van der Waals surface area (Å²) in [6.07, 6.45) is 0.705. The van der Waals surface area contributed by atoms with Gasteiger partial charge in [0.1, 0.15) is 5.69 Å². The van der Waals surface area contributed by atoms with Crippen LogP contribution < -0.4 is 10.6 Å². The van der Waals surface area contributed by atoms with E-state index in [1.807, 2.05) is 13.0 Å². The van der Waals surface area contributed by atoms with Crippen LogP contribution in [0.3, 0.4) is 0 Å². The molecule has 2 unspecified atom stereocenters. The van der Waals surface area contributed by atoms with E-state index >= 15 is 0 Å². The monoisotopic (exact) mass is 274 g/mol. The fraction of sp³-hybridized carbons (Fsp3) is 0.385. The molecule has 7 nitrogen and oxygen atoms in total. The van der Waals surface area contributed by atoms with Gasteiger partial charge in [0.25, 0.3) is 5.69 Å². The van der Waals surface area contributed by atoms with Gasteiger partial charge in [0.15, 0.2) is 0 Å². The molecule has 0 radical (unpaired) electrons. The van der Waals surface area contributed by atoms with E-state index in [2.05, 4.69) is 10.6 Å². The Morgan fingerprint density at radius 1 is 1.60 bits per heavy atom. The zero-order chi connectivity index (χ0) is 14.7. The molecule has 1 aliphatic heterocycles. The van der Waals surface area contributed by atoms with E-state index in [1.54, 1.807) is 0 Å². The summed E-state index contributed by atoms with van der Waals surface area (Å²) < 4.78 is 0. The SMILES string of the molecule is CC1NCCC1C(=O)Nc1ccc(C#N)cc1[N+](=O)[O-]. The van der Waals surface area contributed by atoms with Gasteiger partial charge in [-0.05, 0) is 32.0 Å². The molecular formula is C13H14N4O3. The van der Waals surface area contributed by atoms with E-state index in [-0.39, 0.29) is 34.8 Å². The van der Waals surface area contributed by atoms with Crippen LogP contribution in [0, 0.1) is 27.4 Å². The Morgan fingerprint density at radius 3 is 2.90 bits per heavy atom. The summed E-state index contributed by atoms with van der Waals surface area (Å²) in [7, 11) is 0. The largest absolute Gasteiger partial charge is 0.320 e. The van der Waals surface area contributed by atoms with Gasteiger partial charge < -0.3 is 10.6 Å². The predicted molar refractivity (Wildman–Crippen MR) is 72.0 cm³/mol. The first-order valence-corrected chi connectivity index (χ1v) is 6.25. The lowest BCUT2D eigenvalue weighted by atomic mass is 10.0. The van der Waals surface area contributed by atoms with Crippen LogP contribution in [0.15, 0.2) is 18.2 Å². The molecule has 20 heavy (non-hydrogen) atoms. The van der Waals surface area contributed by atoms with Crippen molar-refractivity contribution < 1.29 is 9.72 Å². The maximum Gasteiger partial charge on any atom is 0.294 e. The Bertz CT molecular complexity index is 594. The van der Waals surface area contributed by atoms with Gasteiger partial charge in [0, 0.05) is 12.1 Å². The highest BCUT2D eigenvalue weighted by molar-refractivity contribution is 5.95. The first-order chi connectivity index (χ1) is 9.52. The Hall–Kier alpha value is -2.46. The minimum atomic E-state index is -0.604. The number of hydrogen-bond acceptors (Lipinski definition) is 5. The third kappa shape index (κ3) is 2.75. The lowest BCUT2D eigenvalue weighted by Gasteiger charge is -2.14. The normalized spacial score (nSPS) is 21.2. The molecule has 1 heterocycles. The van der Waals surface area contributed by atoms with Gasteiger partial charge in [-0.2, -0.15) is 5.26 Å². The van der Waals surface area contributed by atoms with Crippen molar-refractivity contribution in [3.05, 3.63) is 33.9 Å². The fourth-order valence-corrected chi connectivity index (χ4v) is 2.30. The number of nitrogens with one attached hydrogen (secondary N) is 2. The standard InChI is InChI=1S/C13H14N4O3/c1-8-10(4-5-15-8)13(18)16-11-3-2-9(7-14)6-12(11)17(19)20/h2-3,6,8,10,15H,4-5H2,1H3,(H,16,18). The number of rotatable bonds is 3. The second kappa shape index (κ2) is 5.67. The predicted octanol–water partition coefficient (Wildman–Crippen LogP) is 1.40. The van der Waals surface area contributed by atoms with Crippen molar-refractivity contribution in [1.82, 2.24) is 5.32 Å². The molecule has 1 aromatic carbocycles. The third-order valence-electron chi connectivity index (χ3n) is 3.44. The fourth-order valence-electron chi connectivity index (χ4n) is 2.30. The zero-order valence-corrected chi connectivity index (χ0v) is 10.9. The van der Waals surface area contributed by atoms with Crippen LogP contribution >= 0.6 is 0 Å². The Morgan fingerprint density at radius 2 is 2.35 bits per heavy atom. The summed E-state index contributed by atoms with van der Waals surface area (Å²) in [6, 6.07) is 5.88. The van der Waals surface area contributed by atoms with Crippen LogP contribution in [0.25, 0.3) is 0 Å². The summed E-state index contributed by atoms with van der Waals surface area (Å²) in [5, 5.41) is 25.5. The van der Waals surface area contributed by atoms with E-state index in [1.165, 1.54) is 12.1 Å². The summed E-state index contributed by atoms with van der Waals surface area (Å²) in [4.78, 5) is 22.5. The van der Waals surface area contributed by atoms with E-state index in [4.69, 9.17) is 5.26 Å². The Balaban J connectivity index is 2.23. The average molecular weight is 274 g/mol. The van der Waals surface area contributed by atoms with Crippen molar-refractivity contribution in [1.29, 1.82) is 5.26 Å². The molecule has 0 saturated carbocycles. The molecule has 0 bridgehead atoms. The van der Waals surface area contributed by atoms with Gasteiger partial charge >= 0.3 is 0 Å². The second-order valence-corrected chi connectivity index (χ2v) is 4.73. The van der Waals surface area contributed by atoms with Crippen molar-refractivity contribution in [2.24, 2.45) is 5.92 Å². The Labute approximate surface area is 115 Å². The molecule has 0 aromatic heterocycles. The van der Waals surface area contributed by atoms with Gasteiger partial charge in [-0.25, -0.2) is 0 Å². The van der Waals surface area contributed by atoms with Gasteiger partial charge in [-0.1, -0.05) is 0 Å². The molecule has 1 amide bonds. The zero-order valence-electron chi connectivity index (χ0n) is 10.9. The number of anilines is 1. The van der Waals surface area contributed by atoms with Crippen LogP contribution in [-0.4, -0.2) is 23.4 Å². The minimum absolute atomic E-state index is 0.0486. The Kier molecular flexibility index (Phi) is 3.96. The summed E-state index contributed by atoms with van der Waals surface area (Å²) in [5.74, 6) is -0.444. The highest BCUT2D eigenvalue weighted by atomic mass is 16.6. The molecule has 104 valence electrons. The molecule has 0 aliphatic carbocycles. The van der Waals surface area contributed by atoms with Crippen LogP contribution in [0.1, 0.15) is 18.9 Å². The molecule has 7 heteroatoms. The lowest BCUT2D eigenvalue weighted by Crippen LogP contribution is -2.32. The number of nitrogens with zero attached hydrogens (tertiary/aromatic N) is 2. The molecule has 2 atom stereocenters. The number of carbonyl (C=O) groups excluding carboxylic acids is 1. The van der Waals surface area contributed by atoms with Crippen LogP contribution in [-0.2, 0) is 4.79 Å². The number of benzene rings is 1. The minimum Gasteiger partial charge on any atom is -0.320 e. The highest BCUT2D eigenvalue weighted by Gasteiger charge is 2.30. The quantitative estimate of drug-likeness (QED) is 0.639. The molecule has 2 rings (SSSR count). The molecule has 1 aromatic rings. The van der Waals surface area contributed by atoms with Gasteiger partial charge in [-0.15, -0.1) is 0 Å². The smallest absolute Gasteiger partial charge is 0.294 e.